The van der Waals surface area contributed by atoms with Gasteiger partial charge in [-0.25, -0.2) is 8.78 Å². The van der Waals surface area contributed by atoms with E-state index >= 15 is 0 Å². The van der Waals surface area contributed by atoms with Crippen LogP contribution in [0.3, 0.4) is 0 Å². The first-order valence-electron chi connectivity index (χ1n) is 5.08. The van der Waals surface area contributed by atoms with Crippen molar-refractivity contribution in [2.75, 3.05) is 13.1 Å². The van der Waals surface area contributed by atoms with Gasteiger partial charge in [0.15, 0.2) is 11.6 Å². The molecule has 0 aliphatic carbocycles. The quantitative estimate of drug-likeness (QED) is 0.870. The van der Waals surface area contributed by atoms with Crippen LogP contribution in [0.1, 0.15) is 12.8 Å². The van der Waals surface area contributed by atoms with E-state index in [1.165, 1.54) is 6.07 Å². The Morgan fingerprint density at radius 3 is 2.69 bits per heavy atom. The molecule has 2 nitrogen and oxygen atoms in total. The maximum absolute atomic E-state index is 12.9. The third kappa shape index (κ3) is 3.32. The molecule has 1 aromatic carbocycles. The predicted octanol–water partition coefficient (Wildman–Crippen LogP) is 2.52. The minimum atomic E-state index is -0.865. The fraction of sp³-hybridized carbons (Fsp3) is 0.455. The molecular formula is C11H14ClF2NO. The topological polar surface area (TPSA) is 21.3 Å². The highest BCUT2D eigenvalue weighted by Gasteiger charge is 2.14. The number of piperidine rings is 1. The average molecular weight is 250 g/mol. The normalized spacial score (nSPS) is 20.0. The Labute approximate surface area is 99.4 Å². The molecule has 0 radical (unpaired) electrons. The monoisotopic (exact) mass is 249 g/mol. The SMILES string of the molecule is Cl.Fc1ccc(OC2CCCNC2)cc1F. The maximum Gasteiger partial charge on any atom is 0.162 e. The summed E-state index contributed by atoms with van der Waals surface area (Å²) >= 11 is 0. The van der Waals surface area contributed by atoms with Crippen LogP contribution < -0.4 is 10.1 Å². The minimum Gasteiger partial charge on any atom is -0.489 e. The highest BCUT2D eigenvalue weighted by molar-refractivity contribution is 5.85. The molecule has 2 rings (SSSR count). The van der Waals surface area contributed by atoms with Crippen LogP contribution in [0.4, 0.5) is 8.78 Å². The zero-order chi connectivity index (χ0) is 10.7. The Kier molecular flexibility index (Phi) is 4.96. The molecule has 1 aromatic rings. The molecule has 1 fully saturated rings. The van der Waals surface area contributed by atoms with Crippen molar-refractivity contribution in [1.29, 1.82) is 0 Å². The van der Waals surface area contributed by atoms with Crippen LogP contribution in [0, 0.1) is 11.6 Å². The number of hydrogen-bond acceptors (Lipinski definition) is 2. The van der Waals surface area contributed by atoms with E-state index in [0.29, 0.717) is 5.75 Å². The van der Waals surface area contributed by atoms with Gasteiger partial charge in [0.1, 0.15) is 11.9 Å². The molecular weight excluding hydrogens is 236 g/mol. The highest BCUT2D eigenvalue weighted by Crippen LogP contribution is 2.18. The number of nitrogens with one attached hydrogen (secondary N) is 1. The number of hydrogen-bond donors (Lipinski definition) is 1. The Morgan fingerprint density at radius 1 is 1.25 bits per heavy atom. The summed E-state index contributed by atoms with van der Waals surface area (Å²) in [5.74, 6) is -1.32. The second-order valence-corrected chi connectivity index (χ2v) is 3.66. The molecule has 0 spiro atoms. The van der Waals surface area contributed by atoms with Gasteiger partial charge in [-0.3, -0.25) is 0 Å². The summed E-state index contributed by atoms with van der Waals surface area (Å²) in [4.78, 5) is 0. The molecule has 90 valence electrons. The van der Waals surface area contributed by atoms with E-state index < -0.39 is 11.6 Å². The van der Waals surface area contributed by atoms with E-state index in [4.69, 9.17) is 4.74 Å². The molecule has 1 aliphatic heterocycles. The van der Waals surface area contributed by atoms with Crippen LogP contribution in [0.2, 0.25) is 0 Å². The summed E-state index contributed by atoms with van der Waals surface area (Å²) in [6.07, 6.45) is 2.06. The third-order valence-corrected chi connectivity index (χ3v) is 2.45. The van der Waals surface area contributed by atoms with Gasteiger partial charge in [-0.1, -0.05) is 0 Å². The zero-order valence-corrected chi connectivity index (χ0v) is 9.53. The molecule has 1 atom stereocenters. The fourth-order valence-corrected chi connectivity index (χ4v) is 1.66. The molecule has 0 saturated carbocycles. The Bertz CT molecular complexity index is 343. The summed E-state index contributed by atoms with van der Waals surface area (Å²) in [5.41, 5.74) is 0. The van der Waals surface area contributed by atoms with E-state index in [-0.39, 0.29) is 18.5 Å². The Balaban J connectivity index is 0.00000128. The van der Waals surface area contributed by atoms with Gasteiger partial charge in [0.05, 0.1) is 0 Å². The summed E-state index contributed by atoms with van der Waals surface area (Å²) in [6.45, 7) is 1.76. The molecule has 16 heavy (non-hydrogen) atoms. The van der Waals surface area contributed by atoms with Crippen LogP contribution in [-0.2, 0) is 0 Å². The molecule has 1 unspecified atom stereocenters. The van der Waals surface area contributed by atoms with Crippen molar-refractivity contribution in [3.05, 3.63) is 29.8 Å². The first kappa shape index (κ1) is 13.2. The molecule has 0 aromatic heterocycles. The molecule has 1 saturated heterocycles. The van der Waals surface area contributed by atoms with E-state index in [9.17, 15) is 8.78 Å². The molecule has 1 N–H and O–H groups in total. The average Bonchev–Trinajstić information content (AvgIpc) is 2.25. The number of rotatable bonds is 2. The molecule has 0 amide bonds. The third-order valence-electron chi connectivity index (χ3n) is 2.45. The predicted molar refractivity (Wildman–Crippen MR) is 60.1 cm³/mol. The van der Waals surface area contributed by atoms with Crippen molar-refractivity contribution in [3.8, 4) is 5.75 Å². The van der Waals surface area contributed by atoms with Crippen molar-refractivity contribution >= 4 is 12.4 Å². The molecule has 1 aliphatic rings. The molecule has 1 heterocycles. The summed E-state index contributed by atoms with van der Waals surface area (Å²) in [7, 11) is 0. The van der Waals surface area contributed by atoms with Crippen molar-refractivity contribution in [3.63, 3.8) is 0 Å². The van der Waals surface area contributed by atoms with Gasteiger partial charge in [0.2, 0.25) is 0 Å². The van der Waals surface area contributed by atoms with Gasteiger partial charge < -0.3 is 10.1 Å². The first-order valence-corrected chi connectivity index (χ1v) is 5.08. The van der Waals surface area contributed by atoms with Gasteiger partial charge in [-0.05, 0) is 31.5 Å². The Morgan fingerprint density at radius 2 is 2.06 bits per heavy atom. The summed E-state index contributed by atoms with van der Waals surface area (Å²) < 4.78 is 31.0. The fourth-order valence-electron chi connectivity index (χ4n) is 1.66. The van der Waals surface area contributed by atoms with E-state index in [2.05, 4.69) is 5.32 Å². The van der Waals surface area contributed by atoms with Crippen LogP contribution >= 0.6 is 12.4 Å². The lowest BCUT2D eigenvalue weighted by molar-refractivity contribution is 0.166. The van der Waals surface area contributed by atoms with E-state index in [0.717, 1.165) is 38.1 Å². The summed E-state index contributed by atoms with van der Waals surface area (Å²) in [6, 6.07) is 3.62. The molecule has 5 heteroatoms. The van der Waals surface area contributed by atoms with Crippen LogP contribution in [-0.4, -0.2) is 19.2 Å². The van der Waals surface area contributed by atoms with Crippen LogP contribution in [0.25, 0.3) is 0 Å². The van der Waals surface area contributed by atoms with E-state index in [1.54, 1.807) is 0 Å². The van der Waals surface area contributed by atoms with Crippen molar-refractivity contribution in [2.24, 2.45) is 0 Å². The Hall–Kier alpha value is -0.870. The van der Waals surface area contributed by atoms with E-state index in [1.807, 2.05) is 0 Å². The maximum atomic E-state index is 12.9. The van der Waals surface area contributed by atoms with Crippen molar-refractivity contribution in [2.45, 2.75) is 18.9 Å². The van der Waals surface area contributed by atoms with Crippen molar-refractivity contribution < 1.29 is 13.5 Å². The van der Waals surface area contributed by atoms with Gasteiger partial charge in [0, 0.05) is 12.6 Å². The minimum absolute atomic E-state index is 0. The van der Waals surface area contributed by atoms with Gasteiger partial charge >= 0.3 is 0 Å². The second-order valence-electron chi connectivity index (χ2n) is 3.66. The first-order chi connectivity index (χ1) is 7.25. The van der Waals surface area contributed by atoms with Gasteiger partial charge in [-0.2, -0.15) is 0 Å². The number of benzene rings is 1. The standard InChI is InChI=1S/C11H13F2NO.ClH/c12-10-4-3-8(6-11(10)13)15-9-2-1-5-14-7-9;/h3-4,6,9,14H,1-2,5,7H2;1H. The van der Waals surface area contributed by atoms with Gasteiger partial charge in [-0.15, -0.1) is 12.4 Å². The lowest BCUT2D eigenvalue weighted by Crippen LogP contribution is -2.37. The lowest BCUT2D eigenvalue weighted by Gasteiger charge is -2.23. The van der Waals surface area contributed by atoms with Crippen LogP contribution in [0.15, 0.2) is 18.2 Å². The van der Waals surface area contributed by atoms with Crippen LogP contribution in [0.5, 0.6) is 5.75 Å². The van der Waals surface area contributed by atoms with Crippen molar-refractivity contribution in [1.82, 2.24) is 5.32 Å². The highest BCUT2D eigenvalue weighted by atomic mass is 35.5. The van der Waals surface area contributed by atoms with Gasteiger partial charge in [0.25, 0.3) is 0 Å². The largest absolute Gasteiger partial charge is 0.489 e. The lowest BCUT2D eigenvalue weighted by atomic mass is 10.1. The molecule has 0 bridgehead atoms. The summed E-state index contributed by atoms with van der Waals surface area (Å²) in [5, 5.41) is 3.19. The number of ether oxygens (including phenoxy) is 1. The zero-order valence-electron chi connectivity index (χ0n) is 8.71. The number of halogens is 3. The second kappa shape index (κ2) is 6.01. The smallest absolute Gasteiger partial charge is 0.162 e.